The molecule has 0 saturated carbocycles. The van der Waals surface area contributed by atoms with E-state index in [4.69, 9.17) is 0 Å². The third-order valence-electron chi connectivity index (χ3n) is 3.69. The molecule has 6 nitrogen and oxygen atoms in total. The first-order valence-electron chi connectivity index (χ1n) is 7.66. The van der Waals surface area contributed by atoms with Crippen molar-refractivity contribution in [3.63, 3.8) is 0 Å². The van der Waals surface area contributed by atoms with Crippen molar-refractivity contribution in [3.8, 4) is 11.1 Å². The van der Waals surface area contributed by atoms with Crippen LogP contribution in [-0.2, 0) is 0 Å². The summed E-state index contributed by atoms with van der Waals surface area (Å²) < 4.78 is 0. The number of rotatable bonds is 6. The fourth-order valence-corrected chi connectivity index (χ4v) is 2.46. The van der Waals surface area contributed by atoms with Gasteiger partial charge < -0.3 is 10.3 Å². The molecule has 23 heavy (non-hydrogen) atoms. The predicted octanol–water partition coefficient (Wildman–Crippen LogP) is 4.35. The molecule has 2 aromatic carbocycles. The van der Waals surface area contributed by atoms with Crippen molar-refractivity contribution in [2.45, 2.75) is 19.8 Å². The molecule has 0 atom stereocenters. The molecule has 0 bridgehead atoms. The summed E-state index contributed by atoms with van der Waals surface area (Å²) in [6, 6.07) is 12.5. The zero-order valence-corrected chi connectivity index (χ0v) is 12.9. The number of aromatic nitrogens is 2. The summed E-state index contributed by atoms with van der Waals surface area (Å²) in [5.41, 5.74) is 3.61. The molecule has 0 aliphatic heterocycles. The number of nitrogens with zero attached hydrogens (tertiary/aromatic N) is 2. The lowest BCUT2D eigenvalue weighted by molar-refractivity contribution is -0.384. The van der Waals surface area contributed by atoms with Gasteiger partial charge in [0.05, 0.1) is 16.0 Å². The van der Waals surface area contributed by atoms with E-state index in [1.54, 1.807) is 12.1 Å². The fraction of sp³-hybridized carbons (Fsp3) is 0.235. The van der Waals surface area contributed by atoms with E-state index in [1.165, 1.54) is 6.07 Å². The van der Waals surface area contributed by atoms with E-state index in [0.717, 1.165) is 47.5 Å². The molecular weight excluding hydrogens is 292 g/mol. The lowest BCUT2D eigenvalue weighted by Crippen LogP contribution is -2.01. The van der Waals surface area contributed by atoms with Gasteiger partial charge in [-0.25, -0.2) is 4.98 Å². The Bertz CT molecular complexity index is 841. The van der Waals surface area contributed by atoms with Crippen LogP contribution in [0.25, 0.3) is 22.2 Å². The summed E-state index contributed by atoms with van der Waals surface area (Å²) in [5.74, 6) is 0.754. The molecule has 0 radical (unpaired) electrons. The van der Waals surface area contributed by atoms with Crippen LogP contribution < -0.4 is 5.32 Å². The number of unbranched alkanes of at least 4 members (excludes halogenated alkanes) is 1. The van der Waals surface area contributed by atoms with E-state index in [9.17, 15) is 10.1 Å². The van der Waals surface area contributed by atoms with Gasteiger partial charge in [-0.1, -0.05) is 31.5 Å². The number of H-pyrrole nitrogens is 1. The van der Waals surface area contributed by atoms with Crippen molar-refractivity contribution in [1.29, 1.82) is 0 Å². The van der Waals surface area contributed by atoms with E-state index in [2.05, 4.69) is 22.2 Å². The first-order valence-corrected chi connectivity index (χ1v) is 7.66. The Hall–Kier alpha value is -2.89. The van der Waals surface area contributed by atoms with Crippen molar-refractivity contribution in [1.82, 2.24) is 9.97 Å². The van der Waals surface area contributed by atoms with Crippen LogP contribution in [0.3, 0.4) is 0 Å². The minimum atomic E-state index is -0.381. The smallest absolute Gasteiger partial charge is 0.270 e. The number of nitro groups is 1. The van der Waals surface area contributed by atoms with Crippen molar-refractivity contribution < 1.29 is 4.92 Å². The number of hydrogen-bond donors (Lipinski definition) is 2. The Labute approximate surface area is 133 Å². The van der Waals surface area contributed by atoms with Gasteiger partial charge in [0.25, 0.3) is 5.69 Å². The quantitative estimate of drug-likeness (QED) is 0.403. The van der Waals surface area contributed by atoms with Crippen LogP contribution in [0.4, 0.5) is 11.6 Å². The first kappa shape index (κ1) is 15.0. The number of benzene rings is 2. The van der Waals surface area contributed by atoms with E-state index in [0.29, 0.717) is 0 Å². The highest BCUT2D eigenvalue weighted by Gasteiger charge is 2.09. The van der Waals surface area contributed by atoms with Crippen LogP contribution >= 0.6 is 0 Å². The van der Waals surface area contributed by atoms with Crippen molar-refractivity contribution >= 4 is 22.7 Å². The van der Waals surface area contributed by atoms with Gasteiger partial charge in [-0.2, -0.15) is 0 Å². The van der Waals surface area contributed by atoms with Gasteiger partial charge in [-0.15, -0.1) is 0 Å². The normalized spacial score (nSPS) is 10.8. The zero-order chi connectivity index (χ0) is 16.2. The lowest BCUT2D eigenvalue weighted by Gasteiger charge is -2.01. The van der Waals surface area contributed by atoms with Gasteiger partial charge in [0.15, 0.2) is 0 Å². The molecule has 6 heteroatoms. The zero-order valence-electron chi connectivity index (χ0n) is 12.9. The standard InChI is InChI=1S/C17H18N4O2/c1-2-3-9-18-17-19-15-8-7-13(11-16(15)20-17)12-5-4-6-14(10-12)21(22)23/h4-8,10-11H,2-3,9H2,1H3,(H2,18,19,20). The third-order valence-corrected chi connectivity index (χ3v) is 3.69. The van der Waals surface area contributed by atoms with Crippen LogP contribution in [-0.4, -0.2) is 21.4 Å². The summed E-state index contributed by atoms with van der Waals surface area (Å²) in [6.45, 7) is 3.03. The predicted molar refractivity (Wildman–Crippen MR) is 91.6 cm³/mol. The highest BCUT2D eigenvalue weighted by atomic mass is 16.6. The molecule has 0 aliphatic rings. The molecule has 118 valence electrons. The summed E-state index contributed by atoms with van der Waals surface area (Å²) in [7, 11) is 0. The molecule has 1 heterocycles. The number of non-ortho nitro benzene ring substituents is 1. The fourth-order valence-electron chi connectivity index (χ4n) is 2.46. The maximum atomic E-state index is 10.9. The minimum absolute atomic E-state index is 0.0918. The number of nitrogens with one attached hydrogen (secondary N) is 2. The number of nitro benzene ring substituents is 1. The number of anilines is 1. The van der Waals surface area contributed by atoms with Crippen molar-refractivity contribution in [3.05, 3.63) is 52.6 Å². The Morgan fingerprint density at radius 1 is 1.22 bits per heavy atom. The van der Waals surface area contributed by atoms with Crippen LogP contribution in [0.1, 0.15) is 19.8 Å². The van der Waals surface area contributed by atoms with Crippen molar-refractivity contribution in [2.75, 3.05) is 11.9 Å². The molecule has 0 amide bonds. The van der Waals surface area contributed by atoms with Gasteiger partial charge in [0, 0.05) is 18.7 Å². The minimum Gasteiger partial charge on any atom is -0.356 e. The van der Waals surface area contributed by atoms with E-state index in [1.807, 2.05) is 24.3 Å². The number of hydrogen-bond acceptors (Lipinski definition) is 4. The van der Waals surface area contributed by atoms with E-state index >= 15 is 0 Å². The molecule has 0 aliphatic carbocycles. The largest absolute Gasteiger partial charge is 0.356 e. The SMILES string of the molecule is CCCCNc1nc2ccc(-c3cccc([N+](=O)[O-])c3)cc2[nH]1. The number of imidazole rings is 1. The Kier molecular flexibility index (Phi) is 4.23. The molecule has 1 aromatic heterocycles. The van der Waals surface area contributed by atoms with Crippen LogP contribution in [0.2, 0.25) is 0 Å². The second-order valence-corrected chi connectivity index (χ2v) is 5.41. The Balaban J connectivity index is 1.90. The topological polar surface area (TPSA) is 83.8 Å². The highest BCUT2D eigenvalue weighted by Crippen LogP contribution is 2.27. The average Bonchev–Trinajstić information content (AvgIpc) is 2.97. The van der Waals surface area contributed by atoms with Crippen LogP contribution in [0.5, 0.6) is 0 Å². The molecule has 0 unspecified atom stereocenters. The van der Waals surface area contributed by atoms with Gasteiger partial charge >= 0.3 is 0 Å². The summed E-state index contributed by atoms with van der Waals surface area (Å²) >= 11 is 0. The van der Waals surface area contributed by atoms with Gasteiger partial charge in [-0.3, -0.25) is 10.1 Å². The summed E-state index contributed by atoms with van der Waals surface area (Å²) in [4.78, 5) is 18.3. The van der Waals surface area contributed by atoms with E-state index < -0.39 is 0 Å². The number of aromatic amines is 1. The van der Waals surface area contributed by atoms with Gasteiger partial charge in [-0.05, 0) is 29.7 Å². The second kappa shape index (κ2) is 6.48. The van der Waals surface area contributed by atoms with Crippen LogP contribution in [0.15, 0.2) is 42.5 Å². The maximum Gasteiger partial charge on any atom is 0.270 e. The van der Waals surface area contributed by atoms with Gasteiger partial charge in [0.2, 0.25) is 5.95 Å². The first-order chi connectivity index (χ1) is 11.2. The van der Waals surface area contributed by atoms with Crippen LogP contribution in [0, 0.1) is 10.1 Å². The average molecular weight is 310 g/mol. The Morgan fingerprint density at radius 2 is 2.04 bits per heavy atom. The van der Waals surface area contributed by atoms with Crippen molar-refractivity contribution in [2.24, 2.45) is 0 Å². The molecule has 0 fully saturated rings. The lowest BCUT2D eigenvalue weighted by atomic mass is 10.0. The highest BCUT2D eigenvalue weighted by molar-refractivity contribution is 5.83. The van der Waals surface area contributed by atoms with Gasteiger partial charge in [0.1, 0.15) is 0 Å². The Morgan fingerprint density at radius 3 is 2.83 bits per heavy atom. The summed E-state index contributed by atoms with van der Waals surface area (Å²) in [5, 5.41) is 14.2. The molecular formula is C17H18N4O2. The number of fused-ring (bicyclic) bond motifs is 1. The molecule has 3 rings (SSSR count). The maximum absolute atomic E-state index is 10.9. The molecule has 2 N–H and O–H groups in total. The third kappa shape index (κ3) is 3.31. The molecule has 0 spiro atoms. The summed E-state index contributed by atoms with van der Waals surface area (Å²) in [6.07, 6.45) is 2.22. The second-order valence-electron chi connectivity index (χ2n) is 5.41. The monoisotopic (exact) mass is 310 g/mol. The van der Waals surface area contributed by atoms with E-state index in [-0.39, 0.29) is 10.6 Å². The molecule has 3 aromatic rings. The molecule has 0 saturated heterocycles.